The first-order valence-corrected chi connectivity index (χ1v) is 7.60. The maximum Gasteiger partial charge on any atom is 0.160 e. The molecule has 1 fully saturated rings. The first-order valence-electron chi connectivity index (χ1n) is 7.60. The molecule has 0 bridgehead atoms. The van der Waals surface area contributed by atoms with Gasteiger partial charge in [-0.2, -0.15) is 0 Å². The van der Waals surface area contributed by atoms with E-state index in [4.69, 9.17) is 4.98 Å². The van der Waals surface area contributed by atoms with Crippen molar-refractivity contribution >= 4 is 11.2 Å². The summed E-state index contributed by atoms with van der Waals surface area (Å²) in [5.41, 5.74) is 2.16. The quantitative estimate of drug-likeness (QED) is 0.934. The molecule has 0 amide bonds. The van der Waals surface area contributed by atoms with Gasteiger partial charge in [-0.1, -0.05) is 13.8 Å². The van der Waals surface area contributed by atoms with Gasteiger partial charge in [-0.3, -0.25) is 0 Å². The molecule has 0 radical (unpaired) electrons. The minimum absolute atomic E-state index is 0.130. The van der Waals surface area contributed by atoms with Gasteiger partial charge in [0.15, 0.2) is 5.65 Å². The molecule has 4 nitrogen and oxygen atoms in total. The van der Waals surface area contributed by atoms with Crippen LogP contribution in [0.25, 0.3) is 11.2 Å². The molecule has 3 heterocycles. The molecular weight excluding hydrogens is 248 g/mol. The zero-order chi connectivity index (χ0) is 14.3. The van der Waals surface area contributed by atoms with E-state index in [1.165, 1.54) is 5.82 Å². The van der Waals surface area contributed by atoms with Crippen LogP contribution in [-0.4, -0.2) is 27.6 Å². The zero-order valence-corrected chi connectivity index (χ0v) is 12.8. The Morgan fingerprint density at radius 1 is 1.30 bits per heavy atom. The van der Waals surface area contributed by atoms with Crippen molar-refractivity contribution in [1.29, 1.82) is 0 Å². The number of fused-ring (bicyclic) bond motifs is 1. The van der Waals surface area contributed by atoms with Crippen LogP contribution in [0.1, 0.15) is 46.0 Å². The molecule has 3 rings (SSSR count). The number of aromatic nitrogens is 3. The van der Waals surface area contributed by atoms with Gasteiger partial charge >= 0.3 is 0 Å². The van der Waals surface area contributed by atoms with Crippen LogP contribution < -0.4 is 5.32 Å². The first-order chi connectivity index (χ1) is 9.56. The normalized spacial score (nSPS) is 23.3. The van der Waals surface area contributed by atoms with Crippen LogP contribution in [0.2, 0.25) is 0 Å². The monoisotopic (exact) mass is 272 g/mol. The lowest BCUT2D eigenvalue weighted by molar-refractivity contribution is 0.302. The van der Waals surface area contributed by atoms with E-state index in [-0.39, 0.29) is 5.41 Å². The van der Waals surface area contributed by atoms with Crippen LogP contribution in [0.4, 0.5) is 0 Å². The minimum atomic E-state index is 0.130. The maximum atomic E-state index is 4.97. The first kappa shape index (κ1) is 13.6. The van der Waals surface area contributed by atoms with Gasteiger partial charge in [0, 0.05) is 24.2 Å². The standard InChI is InChI=1S/C16H24N4/c1-11(2)16(7-9-17-10-16)15-19-13-6-5-8-18-14(13)20(15)12(3)4/h5-6,8,11-12,17H,7,9-10H2,1-4H3. The maximum absolute atomic E-state index is 4.97. The fourth-order valence-electron chi connectivity index (χ4n) is 3.42. The predicted molar refractivity (Wildman–Crippen MR) is 81.9 cm³/mol. The van der Waals surface area contributed by atoms with Crippen LogP contribution in [-0.2, 0) is 5.41 Å². The highest BCUT2D eigenvalue weighted by molar-refractivity contribution is 5.71. The summed E-state index contributed by atoms with van der Waals surface area (Å²) < 4.78 is 2.34. The van der Waals surface area contributed by atoms with Crippen molar-refractivity contribution in [1.82, 2.24) is 19.9 Å². The summed E-state index contributed by atoms with van der Waals surface area (Å²) in [7, 11) is 0. The molecule has 0 saturated carbocycles. The fraction of sp³-hybridized carbons (Fsp3) is 0.625. The van der Waals surface area contributed by atoms with Gasteiger partial charge in [0.1, 0.15) is 11.3 Å². The van der Waals surface area contributed by atoms with Crippen LogP contribution in [0.5, 0.6) is 0 Å². The summed E-state index contributed by atoms with van der Waals surface area (Å²) in [6.07, 6.45) is 3.02. The number of rotatable bonds is 3. The molecule has 0 aromatic carbocycles. The summed E-state index contributed by atoms with van der Waals surface area (Å²) in [5, 5.41) is 3.53. The van der Waals surface area contributed by atoms with Crippen LogP contribution in [0, 0.1) is 5.92 Å². The van der Waals surface area contributed by atoms with Crippen LogP contribution in [0.3, 0.4) is 0 Å². The number of nitrogens with zero attached hydrogens (tertiary/aromatic N) is 3. The third-order valence-corrected chi connectivity index (χ3v) is 4.70. The molecule has 4 heteroatoms. The molecule has 1 aliphatic rings. The highest BCUT2D eigenvalue weighted by Crippen LogP contribution is 2.39. The Bertz CT molecular complexity index is 606. The van der Waals surface area contributed by atoms with E-state index in [0.29, 0.717) is 12.0 Å². The SMILES string of the molecule is CC(C)n1c(C2(C(C)C)CCNC2)nc2cccnc21. The van der Waals surface area contributed by atoms with E-state index in [0.717, 1.165) is 30.7 Å². The average molecular weight is 272 g/mol. The van der Waals surface area contributed by atoms with Gasteiger partial charge in [0.2, 0.25) is 0 Å². The molecule has 2 aromatic rings. The minimum Gasteiger partial charge on any atom is -0.316 e. The lowest BCUT2D eigenvalue weighted by Gasteiger charge is -2.33. The highest BCUT2D eigenvalue weighted by atomic mass is 15.2. The molecule has 1 aliphatic heterocycles. The molecule has 2 aromatic heterocycles. The highest BCUT2D eigenvalue weighted by Gasteiger charge is 2.43. The molecule has 0 spiro atoms. The van der Waals surface area contributed by atoms with Crippen molar-refractivity contribution in [3.63, 3.8) is 0 Å². The van der Waals surface area contributed by atoms with Gasteiger partial charge in [0.25, 0.3) is 0 Å². The molecule has 0 aliphatic carbocycles. The van der Waals surface area contributed by atoms with Gasteiger partial charge in [-0.05, 0) is 44.9 Å². The van der Waals surface area contributed by atoms with E-state index in [1.54, 1.807) is 0 Å². The Hall–Kier alpha value is -1.42. The molecule has 108 valence electrons. The Balaban J connectivity index is 2.27. The van der Waals surface area contributed by atoms with Crippen molar-refractivity contribution in [3.8, 4) is 0 Å². The summed E-state index contributed by atoms with van der Waals surface area (Å²) in [6.45, 7) is 11.1. The summed E-state index contributed by atoms with van der Waals surface area (Å²) in [4.78, 5) is 9.53. The second-order valence-corrected chi connectivity index (χ2v) is 6.48. The third kappa shape index (κ3) is 1.85. The second kappa shape index (κ2) is 4.85. The van der Waals surface area contributed by atoms with E-state index in [2.05, 4.69) is 48.6 Å². The zero-order valence-electron chi connectivity index (χ0n) is 12.8. The topological polar surface area (TPSA) is 42.7 Å². The van der Waals surface area contributed by atoms with Gasteiger partial charge in [-0.25, -0.2) is 9.97 Å². The van der Waals surface area contributed by atoms with Gasteiger partial charge < -0.3 is 9.88 Å². The van der Waals surface area contributed by atoms with E-state index in [9.17, 15) is 0 Å². The predicted octanol–water partition coefficient (Wildman–Crippen LogP) is 2.90. The van der Waals surface area contributed by atoms with Gasteiger partial charge in [0.05, 0.1) is 0 Å². The van der Waals surface area contributed by atoms with E-state index < -0.39 is 0 Å². The second-order valence-electron chi connectivity index (χ2n) is 6.48. The molecule has 1 saturated heterocycles. The molecule has 1 atom stereocenters. The van der Waals surface area contributed by atoms with Crippen molar-refractivity contribution in [2.45, 2.75) is 45.6 Å². The Morgan fingerprint density at radius 3 is 2.70 bits per heavy atom. The van der Waals surface area contributed by atoms with Crippen molar-refractivity contribution in [2.24, 2.45) is 5.92 Å². The molecule has 1 unspecified atom stereocenters. The van der Waals surface area contributed by atoms with Crippen molar-refractivity contribution < 1.29 is 0 Å². The number of pyridine rings is 1. The van der Waals surface area contributed by atoms with E-state index >= 15 is 0 Å². The number of imidazole rings is 1. The smallest absolute Gasteiger partial charge is 0.160 e. The fourth-order valence-corrected chi connectivity index (χ4v) is 3.42. The van der Waals surface area contributed by atoms with Gasteiger partial charge in [-0.15, -0.1) is 0 Å². The summed E-state index contributed by atoms with van der Waals surface area (Å²) in [5.74, 6) is 1.77. The lowest BCUT2D eigenvalue weighted by atomic mass is 9.75. The average Bonchev–Trinajstić information content (AvgIpc) is 3.03. The number of nitrogens with one attached hydrogen (secondary N) is 1. The third-order valence-electron chi connectivity index (χ3n) is 4.70. The largest absolute Gasteiger partial charge is 0.316 e. The van der Waals surface area contributed by atoms with E-state index in [1.807, 2.05) is 12.3 Å². The summed E-state index contributed by atoms with van der Waals surface area (Å²) in [6, 6.07) is 4.42. The number of hydrogen-bond donors (Lipinski definition) is 1. The molecule has 1 N–H and O–H groups in total. The van der Waals surface area contributed by atoms with Crippen molar-refractivity contribution in [3.05, 3.63) is 24.2 Å². The molecule has 20 heavy (non-hydrogen) atoms. The van der Waals surface area contributed by atoms with Crippen LogP contribution >= 0.6 is 0 Å². The van der Waals surface area contributed by atoms with Crippen LogP contribution in [0.15, 0.2) is 18.3 Å². The van der Waals surface area contributed by atoms with Crippen molar-refractivity contribution in [2.75, 3.05) is 13.1 Å². The number of hydrogen-bond acceptors (Lipinski definition) is 3. The Labute approximate surface area is 120 Å². The summed E-state index contributed by atoms with van der Waals surface area (Å²) >= 11 is 0. The Morgan fingerprint density at radius 2 is 2.10 bits per heavy atom. The lowest BCUT2D eigenvalue weighted by Crippen LogP contribution is -2.38. The molecular formula is C16H24N4. The Kier molecular flexibility index (Phi) is 3.28.